The predicted octanol–water partition coefficient (Wildman–Crippen LogP) is 4.91. The molecule has 28 heavy (non-hydrogen) atoms. The summed E-state index contributed by atoms with van der Waals surface area (Å²) in [6.45, 7) is 3.69. The number of halogens is 1. The fraction of sp³-hybridized carbons (Fsp3) is 0.143. The van der Waals surface area contributed by atoms with E-state index in [1.54, 1.807) is 30.3 Å². The summed E-state index contributed by atoms with van der Waals surface area (Å²) in [5.74, 6) is 0.0838. The van der Waals surface area contributed by atoms with Gasteiger partial charge in [0.05, 0.1) is 11.1 Å². The number of hydrogen-bond acceptors (Lipinski definition) is 6. The predicted molar refractivity (Wildman–Crippen MR) is 105 cm³/mol. The Morgan fingerprint density at radius 1 is 1.07 bits per heavy atom. The highest BCUT2D eigenvalue weighted by atomic mass is 35.5. The molecule has 0 saturated carbocycles. The second-order valence-electron chi connectivity index (χ2n) is 6.42. The summed E-state index contributed by atoms with van der Waals surface area (Å²) in [5, 5.41) is 9.29. The van der Waals surface area contributed by atoms with Crippen molar-refractivity contribution in [2.75, 3.05) is 0 Å². The van der Waals surface area contributed by atoms with Gasteiger partial charge in [-0.3, -0.25) is 4.98 Å². The Balaban J connectivity index is 1.53. The SMILES string of the molecule is Cc1ccc2nc(C)cc(C(=O)OCc3nnc(-c4ccc(Cl)cc4)o3)c2c1. The highest BCUT2D eigenvalue weighted by Crippen LogP contribution is 2.23. The molecule has 0 aliphatic heterocycles. The largest absolute Gasteiger partial charge is 0.452 e. The molecule has 0 radical (unpaired) electrons. The number of aryl methyl sites for hydroxylation is 2. The summed E-state index contributed by atoms with van der Waals surface area (Å²) >= 11 is 5.88. The molecule has 0 N–H and O–H groups in total. The second-order valence-corrected chi connectivity index (χ2v) is 6.85. The minimum Gasteiger partial charge on any atom is -0.452 e. The second kappa shape index (κ2) is 7.40. The number of nitrogens with zero attached hydrogens (tertiary/aromatic N) is 3. The van der Waals surface area contributed by atoms with Crippen LogP contribution >= 0.6 is 11.6 Å². The summed E-state index contributed by atoms with van der Waals surface area (Å²) in [6.07, 6.45) is 0. The number of hydrogen-bond donors (Lipinski definition) is 0. The molecule has 4 rings (SSSR count). The molecule has 0 fully saturated rings. The molecule has 2 aromatic heterocycles. The van der Waals surface area contributed by atoms with Gasteiger partial charge in [0, 0.05) is 21.7 Å². The number of benzene rings is 2. The lowest BCUT2D eigenvalue weighted by atomic mass is 10.1. The Hall–Kier alpha value is -3.25. The minimum absolute atomic E-state index is 0.117. The summed E-state index contributed by atoms with van der Waals surface area (Å²) < 4.78 is 11.0. The Bertz CT molecular complexity index is 1170. The first-order chi connectivity index (χ1) is 13.5. The van der Waals surface area contributed by atoms with Crippen molar-refractivity contribution in [3.8, 4) is 11.5 Å². The van der Waals surface area contributed by atoms with E-state index in [-0.39, 0.29) is 12.5 Å². The average molecular weight is 394 g/mol. The van der Waals surface area contributed by atoms with Crippen LogP contribution in [0.3, 0.4) is 0 Å². The topological polar surface area (TPSA) is 78.1 Å². The van der Waals surface area contributed by atoms with Gasteiger partial charge in [0.15, 0.2) is 6.61 Å². The summed E-state index contributed by atoms with van der Waals surface area (Å²) in [4.78, 5) is 17.1. The Morgan fingerprint density at radius 3 is 2.64 bits per heavy atom. The number of carbonyl (C=O) groups excluding carboxylic acids is 1. The van der Waals surface area contributed by atoms with Gasteiger partial charge in [-0.2, -0.15) is 0 Å². The maximum absolute atomic E-state index is 12.7. The van der Waals surface area contributed by atoms with Crippen molar-refractivity contribution in [3.05, 3.63) is 76.3 Å². The third kappa shape index (κ3) is 3.73. The van der Waals surface area contributed by atoms with E-state index in [1.165, 1.54) is 0 Å². The van der Waals surface area contributed by atoms with E-state index in [1.807, 2.05) is 32.0 Å². The first kappa shape index (κ1) is 18.1. The van der Waals surface area contributed by atoms with E-state index in [4.69, 9.17) is 20.8 Å². The molecule has 0 unspecified atom stereocenters. The number of fused-ring (bicyclic) bond motifs is 1. The zero-order chi connectivity index (χ0) is 19.7. The molecular formula is C21H16ClN3O3. The summed E-state index contributed by atoms with van der Waals surface area (Å²) in [5.41, 5.74) is 3.73. The lowest BCUT2D eigenvalue weighted by Gasteiger charge is -2.08. The molecular weight excluding hydrogens is 378 g/mol. The van der Waals surface area contributed by atoms with Crippen LogP contribution in [0.5, 0.6) is 0 Å². The first-order valence-corrected chi connectivity index (χ1v) is 9.01. The molecule has 0 bridgehead atoms. The van der Waals surface area contributed by atoms with E-state index < -0.39 is 5.97 Å². The Labute approximate surface area is 166 Å². The quantitative estimate of drug-likeness (QED) is 0.458. The van der Waals surface area contributed by atoms with Gasteiger partial charge in [-0.15, -0.1) is 10.2 Å². The average Bonchev–Trinajstić information content (AvgIpc) is 3.15. The third-order valence-corrected chi connectivity index (χ3v) is 4.45. The molecule has 2 aromatic carbocycles. The van der Waals surface area contributed by atoms with Crippen molar-refractivity contribution in [1.82, 2.24) is 15.2 Å². The normalized spacial score (nSPS) is 11.0. The van der Waals surface area contributed by atoms with Crippen LogP contribution in [-0.4, -0.2) is 21.2 Å². The number of rotatable bonds is 4. The first-order valence-electron chi connectivity index (χ1n) is 8.63. The standard InChI is InChI=1S/C21H16ClN3O3/c1-12-3-8-18-16(9-12)17(10-13(2)23-18)21(26)27-11-19-24-25-20(28-19)14-4-6-15(22)7-5-14/h3-10H,11H2,1-2H3. The van der Waals surface area contributed by atoms with E-state index in [0.717, 1.165) is 27.7 Å². The monoisotopic (exact) mass is 393 g/mol. The van der Waals surface area contributed by atoms with Crippen molar-refractivity contribution in [2.45, 2.75) is 20.5 Å². The van der Waals surface area contributed by atoms with Gasteiger partial charge in [-0.1, -0.05) is 23.2 Å². The van der Waals surface area contributed by atoms with Crippen molar-refractivity contribution >= 4 is 28.5 Å². The number of ether oxygens (including phenoxy) is 1. The maximum atomic E-state index is 12.7. The van der Waals surface area contributed by atoms with Gasteiger partial charge in [-0.05, 0) is 56.3 Å². The van der Waals surface area contributed by atoms with Gasteiger partial charge in [0.25, 0.3) is 5.89 Å². The fourth-order valence-electron chi connectivity index (χ4n) is 2.87. The van der Waals surface area contributed by atoms with Crippen molar-refractivity contribution < 1.29 is 13.9 Å². The van der Waals surface area contributed by atoms with Crippen LogP contribution in [0.4, 0.5) is 0 Å². The summed E-state index contributed by atoms with van der Waals surface area (Å²) in [6, 6.07) is 14.5. The molecule has 2 heterocycles. The summed E-state index contributed by atoms with van der Waals surface area (Å²) in [7, 11) is 0. The number of aromatic nitrogens is 3. The van der Waals surface area contributed by atoms with Gasteiger partial charge in [0.2, 0.25) is 5.89 Å². The molecule has 140 valence electrons. The third-order valence-electron chi connectivity index (χ3n) is 4.20. The Kier molecular flexibility index (Phi) is 4.79. The van der Waals surface area contributed by atoms with Crippen LogP contribution < -0.4 is 0 Å². The smallest absolute Gasteiger partial charge is 0.339 e. The molecule has 7 heteroatoms. The molecule has 0 atom stereocenters. The highest BCUT2D eigenvalue weighted by molar-refractivity contribution is 6.30. The lowest BCUT2D eigenvalue weighted by Crippen LogP contribution is -2.07. The zero-order valence-electron chi connectivity index (χ0n) is 15.3. The molecule has 0 aliphatic carbocycles. The Morgan fingerprint density at radius 2 is 1.86 bits per heavy atom. The molecule has 4 aromatic rings. The van der Waals surface area contributed by atoms with Crippen LogP contribution in [0.25, 0.3) is 22.4 Å². The van der Waals surface area contributed by atoms with Crippen molar-refractivity contribution in [2.24, 2.45) is 0 Å². The van der Waals surface area contributed by atoms with E-state index >= 15 is 0 Å². The molecule has 0 amide bonds. The van der Waals surface area contributed by atoms with Gasteiger partial charge < -0.3 is 9.15 Å². The number of carbonyl (C=O) groups is 1. The molecule has 0 spiro atoms. The highest BCUT2D eigenvalue weighted by Gasteiger charge is 2.16. The fourth-order valence-corrected chi connectivity index (χ4v) is 2.99. The van der Waals surface area contributed by atoms with Crippen LogP contribution in [0.15, 0.2) is 52.9 Å². The lowest BCUT2D eigenvalue weighted by molar-refractivity contribution is 0.0441. The van der Waals surface area contributed by atoms with Gasteiger partial charge in [-0.25, -0.2) is 4.79 Å². The molecule has 0 saturated heterocycles. The van der Waals surface area contributed by atoms with Crippen LogP contribution in [-0.2, 0) is 11.3 Å². The van der Waals surface area contributed by atoms with Crippen LogP contribution in [0.2, 0.25) is 5.02 Å². The zero-order valence-corrected chi connectivity index (χ0v) is 16.0. The van der Waals surface area contributed by atoms with Crippen LogP contribution in [0, 0.1) is 13.8 Å². The van der Waals surface area contributed by atoms with Crippen molar-refractivity contribution in [3.63, 3.8) is 0 Å². The maximum Gasteiger partial charge on any atom is 0.339 e. The van der Waals surface area contributed by atoms with Crippen molar-refractivity contribution in [1.29, 1.82) is 0 Å². The molecule has 0 aliphatic rings. The van der Waals surface area contributed by atoms with E-state index in [0.29, 0.717) is 16.5 Å². The number of pyridine rings is 1. The van der Waals surface area contributed by atoms with Crippen LogP contribution in [0.1, 0.15) is 27.5 Å². The van der Waals surface area contributed by atoms with Gasteiger partial charge >= 0.3 is 5.97 Å². The van der Waals surface area contributed by atoms with E-state index in [9.17, 15) is 4.79 Å². The minimum atomic E-state index is -0.465. The van der Waals surface area contributed by atoms with E-state index in [2.05, 4.69) is 15.2 Å². The molecule has 6 nitrogen and oxygen atoms in total. The van der Waals surface area contributed by atoms with Gasteiger partial charge in [0.1, 0.15) is 0 Å². The number of esters is 1.